The van der Waals surface area contributed by atoms with Crippen LogP contribution in [0.3, 0.4) is 0 Å². The fraction of sp³-hybridized carbons (Fsp3) is 0.300. The van der Waals surface area contributed by atoms with Gasteiger partial charge in [0.15, 0.2) is 0 Å². The van der Waals surface area contributed by atoms with Crippen molar-refractivity contribution in [3.8, 4) is 0 Å². The van der Waals surface area contributed by atoms with Crippen molar-refractivity contribution in [1.82, 2.24) is 5.32 Å². The average Bonchev–Trinajstić information content (AvgIpc) is 2.26. The second-order valence-corrected chi connectivity index (χ2v) is 2.98. The van der Waals surface area contributed by atoms with E-state index in [0.29, 0.717) is 17.7 Å². The molecule has 0 atom stereocenters. The van der Waals surface area contributed by atoms with Crippen LogP contribution >= 0.6 is 0 Å². The number of alkyl carbamates (subject to hydrolysis) is 1. The van der Waals surface area contributed by atoms with Crippen molar-refractivity contribution in [2.24, 2.45) is 5.73 Å². The van der Waals surface area contributed by atoms with Crippen LogP contribution < -0.4 is 11.1 Å². The summed E-state index contributed by atoms with van der Waals surface area (Å²) in [5.74, 6) is -0.380. The summed E-state index contributed by atoms with van der Waals surface area (Å²) in [5.41, 5.74) is 6.47. The monoisotopic (exact) mass is 212 g/mol. The zero-order valence-corrected chi connectivity index (χ0v) is 8.42. The van der Waals surface area contributed by atoms with Gasteiger partial charge in [-0.25, -0.2) is 9.18 Å². The van der Waals surface area contributed by atoms with E-state index in [1.54, 1.807) is 12.1 Å². The molecule has 82 valence electrons. The fourth-order valence-corrected chi connectivity index (χ4v) is 1.10. The zero-order valence-electron chi connectivity index (χ0n) is 8.42. The third-order valence-corrected chi connectivity index (χ3v) is 1.96. The van der Waals surface area contributed by atoms with E-state index in [1.165, 1.54) is 13.2 Å². The van der Waals surface area contributed by atoms with E-state index in [-0.39, 0.29) is 12.4 Å². The van der Waals surface area contributed by atoms with E-state index in [9.17, 15) is 9.18 Å². The highest BCUT2D eigenvalue weighted by Crippen LogP contribution is 2.09. The van der Waals surface area contributed by atoms with Crippen molar-refractivity contribution in [2.75, 3.05) is 7.11 Å². The number of carbonyl (C=O) groups is 1. The van der Waals surface area contributed by atoms with Crippen LogP contribution in [0.5, 0.6) is 0 Å². The molecule has 4 nitrogen and oxygen atoms in total. The third kappa shape index (κ3) is 3.21. The maximum absolute atomic E-state index is 13.3. The number of ether oxygens (including phenoxy) is 1. The van der Waals surface area contributed by atoms with E-state index in [4.69, 9.17) is 5.73 Å². The SMILES string of the molecule is COC(=O)NCc1ccc(CN)cc1F. The van der Waals surface area contributed by atoms with Gasteiger partial charge in [-0.3, -0.25) is 0 Å². The molecule has 1 aromatic carbocycles. The van der Waals surface area contributed by atoms with E-state index < -0.39 is 6.09 Å². The number of hydrogen-bond acceptors (Lipinski definition) is 3. The molecule has 5 heteroatoms. The molecule has 3 N–H and O–H groups in total. The van der Waals surface area contributed by atoms with Gasteiger partial charge in [-0.2, -0.15) is 0 Å². The molecular formula is C10H13FN2O2. The number of nitrogens with one attached hydrogen (secondary N) is 1. The minimum absolute atomic E-state index is 0.101. The summed E-state index contributed by atoms with van der Waals surface area (Å²) in [6, 6.07) is 4.67. The molecule has 0 aliphatic carbocycles. The molecule has 0 radical (unpaired) electrons. The molecule has 0 unspecified atom stereocenters. The van der Waals surface area contributed by atoms with Crippen LogP contribution in [0, 0.1) is 5.82 Å². The molecule has 1 aromatic rings. The Morgan fingerprint density at radius 1 is 1.60 bits per heavy atom. The van der Waals surface area contributed by atoms with Gasteiger partial charge in [0.05, 0.1) is 7.11 Å². The quantitative estimate of drug-likeness (QED) is 0.789. The van der Waals surface area contributed by atoms with Crippen LogP contribution in [0.15, 0.2) is 18.2 Å². The van der Waals surface area contributed by atoms with Crippen LogP contribution in [0.4, 0.5) is 9.18 Å². The first-order valence-electron chi connectivity index (χ1n) is 4.46. The second kappa shape index (κ2) is 5.31. The number of carbonyl (C=O) groups excluding carboxylic acids is 1. The largest absolute Gasteiger partial charge is 0.453 e. The summed E-state index contributed by atoms with van der Waals surface area (Å²) in [4.78, 5) is 10.7. The summed E-state index contributed by atoms with van der Waals surface area (Å²) in [5, 5.41) is 2.39. The van der Waals surface area contributed by atoms with Crippen molar-refractivity contribution >= 4 is 6.09 Å². The van der Waals surface area contributed by atoms with Crippen molar-refractivity contribution in [1.29, 1.82) is 0 Å². The van der Waals surface area contributed by atoms with Crippen molar-refractivity contribution < 1.29 is 13.9 Å². The standard InChI is InChI=1S/C10H13FN2O2/c1-15-10(14)13-6-8-3-2-7(5-12)4-9(8)11/h2-4H,5-6,12H2,1H3,(H,13,14). The molecule has 0 spiro atoms. The summed E-state index contributed by atoms with van der Waals surface area (Å²) < 4.78 is 17.7. The van der Waals surface area contributed by atoms with Gasteiger partial charge in [0.1, 0.15) is 5.82 Å². The van der Waals surface area contributed by atoms with Gasteiger partial charge in [-0.1, -0.05) is 12.1 Å². The van der Waals surface area contributed by atoms with Gasteiger partial charge < -0.3 is 15.8 Å². The zero-order chi connectivity index (χ0) is 11.3. The smallest absolute Gasteiger partial charge is 0.407 e. The molecule has 0 aliphatic rings. The molecule has 0 bridgehead atoms. The first-order valence-corrected chi connectivity index (χ1v) is 4.46. The number of nitrogens with two attached hydrogens (primary N) is 1. The Balaban J connectivity index is 2.66. The molecule has 0 heterocycles. The van der Waals surface area contributed by atoms with E-state index in [2.05, 4.69) is 10.1 Å². The summed E-state index contributed by atoms with van der Waals surface area (Å²) in [6.45, 7) is 0.394. The fourth-order valence-electron chi connectivity index (χ4n) is 1.10. The lowest BCUT2D eigenvalue weighted by molar-refractivity contribution is 0.170. The minimum atomic E-state index is -0.586. The molecular weight excluding hydrogens is 199 g/mol. The van der Waals surface area contributed by atoms with Crippen LogP contribution in [-0.2, 0) is 17.8 Å². The van der Waals surface area contributed by atoms with Gasteiger partial charge in [0, 0.05) is 18.7 Å². The Morgan fingerprint density at radius 2 is 2.33 bits per heavy atom. The summed E-state index contributed by atoms with van der Waals surface area (Å²) in [6.07, 6.45) is -0.586. The number of benzene rings is 1. The number of amides is 1. The first-order chi connectivity index (χ1) is 7.17. The molecule has 0 aromatic heterocycles. The number of rotatable bonds is 3. The van der Waals surface area contributed by atoms with E-state index in [1.807, 2.05) is 0 Å². The highest BCUT2D eigenvalue weighted by atomic mass is 19.1. The average molecular weight is 212 g/mol. The van der Waals surface area contributed by atoms with Gasteiger partial charge in [0.25, 0.3) is 0 Å². The van der Waals surface area contributed by atoms with Gasteiger partial charge >= 0.3 is 6.09 Å². The number of hydrogen-bond donors (Lipinski definition) is 2. The lowest BCUT2D eigenvalue weighted by atomic mass is 10.1. The van der Waals surface area contributed by atoms with E-state index in [0.717, 1.165) is 0 Å². The molecule has 0 saturated carbocycles. The Hall–Kier alpha value is -1.62. The maximum Gasteiger partial charge on any atom is 0.407 e. The Morgan fingerprint density at radius 3 is 2.87 bits per heavy atom. The normalized spacial score (nSPS) is 9.80. The maximum atomic E-state index is 13.3. The molecule has 0 fully saturated rings. The van der Waals surface area contributed by atoms with Crippen LogP contribution in [0.1, 0.15) is 11.1 Å². The topological polar surface area (TPSA) is 64.3 Å². The predicted molar refractivity (Wildman–Crippen MR) is 53.5 cm³/mol. The summed E-state index contributed by atoms with van der Waals surface area (Å²) >= 11 is 0. The number of halogens is 1. The van der Waals surface area contributed by atoms with Crippen molar-refractivity contribution in [3.05, 3.63) is 35.1 Å². The Bertz CT molecular complexity index is 355. The molecule has 0 saturated heterocycles. The van der Waals surface area contributed by atoms with Gasteiger partial charge in [-0.15, -0.1) is 0 Å². The third-order valence-electron chi connectivity index (χ3n) is 1.96. The Labute approximate surface area is 87.2 Å². The molecule has 1 rings (SSSR count). The van der Waals surface area contributed by atoms with Crippen LogP contribution in [0.2, 0.25) is 0 Å². The first kappa shape index (κ1) is 11.5. The predicted octanol–water partition coefficient (Wildman–Crippen LogP) is 1.14. The van der Waals surface area contributed by atoms with E-state index >= 15 is 0 Å². The van der Waals surface area contributed by atoms with Gasteiger partial charge in [-0.05, 0) is 11.6 Å². The summed E-state index contributed by atoms with van der Waals surface area (Å²) in [7, 11) is 1.25. The van der Waals surface area contributed by atoms with Crippen LogP contribution in [-0.4, -0.2) is 13.2 Å². The lowest BCUT2D eigenvalue weighted by Crippen LogP contribution is -2.22. The van der Waals surface area contributed by atoms with Gasteiger partial charge in [0.2, 0.25) is 0 Å². The molecule has 1 amide bonds. The minimum Gasteiger partial charge on any atom is -0.453 e. The highest BCUT2D eigenvalue weighted by Gasteiger charge is 2.05. The molecule has 15 heavy (non-hydrogen) atoms. The van der Waals surface area contributed by atoms with Crippen molar-refractivity contribution in [3.63, 3.8) is 0 Å². The molecule has 0 aliphatic heterocycles. The lowest BCUT2D eigenvalue weighted by Gasteiger charge is -2.06. The van der Waals surface area contributed by atoms with Crippen LogP contribution in [0.25, 0.3) is 0 Å². The Kier molecular flexibility index (Phi) is 4.05. The van der Waals surface area contributed by atoms with Crippen molar-refractivity contribution in [2.45, 2.75) is 13.1 Å². The second-order valence-electron chi connectivity index (χ2n) is 2.98. The number of methoxy groups -OCH3 is 1. The highest BCUT2D eigenvalue weighted by molar-refractivity contribution is 5.66.